The number of benzene rings is 2. The minimum Gasteiger partial charge on any atom is -0.454 e. The van der Waals surface area contributed by atoms with Crippen molar-refractivity contribution < 1.29 is 18.7 Å². The van der Waals surface area contributed by atoms with Crippen LogP contribution >= 0.6 is 11.8 Å². The molecule has 0 bridgehead atoms. The Kier molecular flexibility index (Phi) is 6.85. The van der Waals surface area contributed by atoms with E-state index in [0.29, 0.717) is 29.0 Å². The third kappa shape index (κ3) is 5.12. The number of hydrogen-bond donors (Lipinski definition) is 1. The number of fused-ring (bicyclic) bond motifs is 1. The lowest BCUT2D eigenvalue weighted by Crippen LogP contribution is -2.30. The van der Waals surface area contributed by atoms with Gasteiger partial charge < -0.3 is 14.8 Å². The molecule has 1 N–H and O–H groups in total. The summed E-state index contributed by atoms with van der Waals surface area (Å²) in [6.45, 7) is 4.41. The van der Waals surface area contributed by atoms with Crippen LogP contribution in [0.15, 0.2) is 47.6 Å². The summed E-state index contributed by atoms with van der Waals surface area (Å²) in [6.07, 6.45) is 0. The van der Waals surface area contributed by atoms with Crippen LogP contribution < -0.4 is 14.8 Å². The Hall–Kier alpha value is -3.11. The molecule has 2 unspecified atom stereocenters. The highest BCUT2D eigenvalue weighted by Crippen LogP contribution is 2.33. The molecule has 0 saturated carbocycles. The monoisotopic (exact) mass is 471 g/mol. The molecule has 10 heteroatoms. The van der Waals surface area contributed by atoms with Crippen molar-refractivity contribution in [1.29, 1.82) is 0 Å². The minimum absolute atomic E-state index is 0.0351. The van der Waals surface area contributed by atoms with E-state index in [4.69, 9.17) is 9.47 Å². The standard InChI is InChI=1S/C23H26FN5O3S/c1-14(28(3)4)21-26-27-23(29(21)18-8-6-17(24)7-9-18)33-15(2)22(30)25-12-16-5-10-19-20(11-16)32-13-31-19/h5-11,14-15H,12-13H2,1-4H3,(H,25,30). The topological polar surface area (TPSA) is 81.5 Å². The lowest BCUT2D eigenvalue weighted by Gasteiger charge is -2.21. The van der Waals surface area contributed by atoms with Gasteiger partial charge in [0.15, 0.2) is 22.5 Å². The molecule has 0 radical (unpaired) electrons. The van der Waals surface area contributed by atoms with Crippen molar-refractivity contribution in [2.45, 2.75) is 36.8 Å². The number of carbonyl (C=O) groups is 1. The van der Waals surface area contributed by atoms with Gasteiger partial charge in [0, 0.05) is 12.2 Å². The van der Waals surface area contributed by atoms with Gasteiger partial charge in [-0.15, -0.1) is 10.2 Å². The first-order chi connectivity index (χ1) is 15.8. The number of thioether (sulfide) groups is 1. The summed E-state index contributed by atoms with van der Waals surface area (Å²) in [7, 11) is 3.90. The van der Waals surface area contributed by atoms with Crippen LogP contribution in [0.25, 0.3) is 5.69 Å². The summed E-state index contributed by atoms with van der Waals surface area (Å²) in [6, 6.07) is 11.7. The number of halogens is 1. The maximum atomic E-state index is 13.5. The van der Waals surface area contributed by atoms with Crippen LogP contribution in [-0.4, -0.2) is 51.7 Å². The van der Waals surface area contributed by atoms with Gasteiger partial charge in [-0.25, -0.2) is 4.39 Å². The maximum absolute atomic E-state index is 13.5. The molecule has 2 atom stereocenters. The van der Waals surface area contributed by atoms with Gasteiger partial charge in [-0.05, 0) is 69.9 Å². The summed E-state index contributed by atoms with van der Waals surface area (Å²) in [5.74, 6) is 1.64. The van der Waals surface area contributed by atoms with Crippen molar-refractivity contribution in [3.8, 4) is 17.2 Å². The number of nitrogens with one attached hydrogen (secondary N) is 1. The van der Waals surface area contributed by atoms with Gasteiger partial charge in [-0.3, -0.25) is 14.3 Å². The van der Waals surface area contributed by atoms with E-state index in [0.717, 1.165) is 11.3 Å². The molecule has 0 fully saturated rings. The van der Waals surface area contributed by atoms with Crippen LogP contribution in [0.2, 0.25) is 0 Å². The molecule has 4 rings (SSSR count). The number of ether oxygens (including phenoxy) is 2. The molecule has 1 amide bonds. The molecule has 3 aromatic rings. The third-order valence-corrected chi connectivity index (χ3v) is 6.49. The van der Waals surface area contributed by atoms with Crippen LogP contribution in [0, 0.1) is 5.82 Å². The fourth-order valence-corrected chi connectivity index (χ4v) is 4.19. The van der Waals surface area contributed by atoms with E-state index in [1.54, 1.807) is 12.1 Å². The summed E-state index contributed by atoms with van der Waals surface area (Å²) < 4.78 is 26.1. The lowest BCUT2D eigenvalue weighted by atomic mass is 10.2. The Morgan fingerprint density at radius 2 is 1.88 bits per heavy atom. The fraction of sp³-hybridized carbons (Fsp3) is 0.348. The van der Waals surface area contributed by atoms with E-state index >= 15 is 0 Å². The normalized spacial score (nSPS) is 14.4. The molecule has 0 spiro atoms. The molecule has 174 valence electrons. The van der Waals surface area contributed by atoms with Gasteiger partial charge in [0.2, 0.25) is 12.7 Å². The van der Waals surface area contributed by atoms with Crippen molar-refractivity contribution in [3.05, 3.63) is 59.7 Å². The quantitative estimate of drug-likeness (QED) is 0.503. The van der Waals surface area contributed by atoms with Crippen molar-refractivity contribution in [2.75, 3.05) is 20.9 Å². The highest BCUT2D eigenvalue weighted by atomic mass is 32.2. The Bertz CT molecular complexity index is 1140. The van der Waals surface area contributed by atoms with Crippen LogP contribution in [-0.2, 0) is 11.3 Å². The Labute approximate surface area is 196 Å². The van der Waals surface area contributed by atoms with Gasteiger partial charge in [-0.2, -0.15) is 0 Å². The molecule has 33 heavy (non-hydrogen) atoms. The summed E-state index contributed by atoms with van der Waals surface area (Å²) in [5, 5.41) is 11.8. The predicted octanol–water partition coefficient (Wildman–Crippen LogP) is 3.55. The first-order valence-corrected chi connectivity index (χ1v) is 11.4. The highest BCUT2D eigenvalue weighted by molar-refractivity contribution is 8.00. The van der Waals surface area contributed by atoms with E-state index in [1.165, 1.54) is 23.9 Å². The van der Waals surface area contributed by atoms with E-state index in [-0.39, 0.29) is 24.6 Å². The molecule has 1 aliphatic heterocycles. The maximum Gasteiger partial charge on any atom is 0.233 e. The van der Waals surface area contributed by atoms with Crippen molar-refractivity contribution in [3.63, 3.8) is 0 Å². The van der Waals surface area contributed by atoms with Gasteiger partial charge in [0.1, 0.15) is 5.82 Å². The molecule has 1 aliphatic rings. The minimum atomic E-state index is -0.426. The number of amides is 1. The van der Waals surface area contributed by atoms with Crippen molar-refractivity contribution in [2.24, 2.45) is 0 Å². The van der Waals surface area contributed by atoms with Crippen LogP contribution in [0.4, 0.5) is 4.39 Å². The Morgan fingerprint density at radius 1 is 1.15 bits per heavy atom. The predicted molar refractivity (Wildman–Crippen MR) is 123 cm³/mol. The SMILES string of the molecule is CC(Sc1nnc(C(C)N(C)C)n1-c1ccc(F)cc1)C(=O)NCc1ccc2c(c1)OCO2. The Morgan fingerprint density at radius 3 is 2.61 bits per heavy atom. The first-order valence-electron chi connectivity index (χ1n) is 10.5. The van der Waals surface area contributed by atoms with E-state index in [1.807, 2.05) is 55.6 Å². The Balaban J connectivity index is 1.49. The van der Waals surface area contributed by atoms with Crippen LogP contribution in [0.5, 0.6) is 11.5 Å². The zero-order valence-electron chi connectivity index (χ0n) is 18.9. The molecule has 1 aromatic heterocycles. The molecule has 2 aromatic carbocycles. The van der Waals surface area contributed by atoms with Gasteiger partial charge in [-0.1, -0.05) is 17.8 Å². The number of nitrogens with zero attached hydrogens (tertiary/aromatic N) is 4. The second-order valence-corrected chi connectivity index (χ2v) is 9.27. The molecule has 2 heterocycles. The second-order valence-electron chi connectivity index (χ2n) is 7.96. The highest BCUT2D eigenvalue weighted by Gasteiger charge is 2.24. The van der Waals surface area contributed by atoms with E-state index in [9.17, 15) is 9.18 Å². The van der Waals surface area contributed by atoms with Crippen LogP contribution in [0.1, 0.15) is 31.3 Å². The largest absolute Gasteiger partial charge is 0.454 e. The first kappa shape index (κ1) is 23.1. The van der Waals surface area contributed by atoms with Gasteiger partial charge in [0.25, 0.3) is 0 Å². The number of rotatable bonds is 8. The molecular formula is C23H26FN5O3S. The van der Waals surface area contributed by atoms with E-state index in [2.05, 4.69) is 15.5 Å². The average molecular weight is 472 g/mol. The van der Waals surface area contributed by atoms with Crippen LogP contribution in [0.3, 0.4) is 0 Å². The number of hydrogen-bond acceptors (Lipinski definition) is 7. The third-order valence-electron chi connectivity index (χ3n) is 5.45. The summed E-state index contributed by atoms with van der Waals surface area (Å²) >= 11 is 1.30. The molecule has 0 saturated heterocycles. The van der Waals surface area contributed by atoms with E-state index < -0.39 is 5.25 Å². The lowest BCUT2D eigenvalue weighted by molar-refractivity contribution is -0.120. The van der Waals surface area contributed by atoms with Gasteiger partial charge >= 0.3 is 0 Å². The van der Waals surface area contributed by atoms with Gasteiger partial charge in [0.05, 0.1) is 11.3 Å². The fourth-order valence-electron chi connectivity index (χ4n) is 3.29. The number of carbonyl (C=O) groups excluding carboxylic acids is 1. The second kappa shape index (κ2) is 9.80. The smallest absolute Gasteiger partial charge is 0.233 e. The molecular weight excluding hydrogens is 445 g/mol. The number of aromatic nitrogens is 3. The molecule has 0 aliphatic carbocycles. The zero-order valence-corrected chi connectivity index (χ0v) is 19.7. The van der Waals surface area contributed by atoms with Crippen molar-refractivity contribution in [1.82, 2.24) is 25.0 Å². The van der Waals surface area contributed by atoms with Crippen molar-refractivity contribution >= 4 is 17.7 Å². The summed E-state index contributed by atoms with van der Waals surface area (Å²) in [4.78, 5) is 14.8. The average Bonchev–Trinajstić information content (AvgIpc) is 3.44. The summed E-state index contributed by atoms with van der Waals surface area (Å²) in [5.41, 5.74) is 1.65. The molecule has 8 nitrogen and oxygen atoms in total. The zero-order chi connectivity index (χ0) is 23.5.